The maximum atomic E-state index is 14.5. The van der Waals surface area contributed by atoms with Gasteiger partial charge in [-0.05, 0) is 36.4 Å². The van der Waals surface area contributed by atoms with Gasteiger partial charge in [-0.15, -0.1) is 0 Å². The zero-order valence-electron chi connectivity index (χ0n) is 17.5. The Morgan fingerprint density at radius 1 is 1.00 bits per heavy atom. The summed E-state index contributed by atoms with van der Waals surface area (Å²) in [6.45, 7) is -0.353. The fraction of sp³-hybridized carbons (Fsp3) is 0.125. The maximum absolute atomic E-state index is 14.5. The van der Waals surface area contributed by atoms with E-state index < -0.39 is 17.3 Å². The molecule has 1 aromatic heterocycles. The fourth-order valence-corrected chi connectivity index (χ4v) is 3.42. The number of ether oxygens (including phenoxy) is 2. The van der Waals surface area contributed by atoms with Crippen molar-refractivity contribution in [2.24, 2.45) is 0 Å². The molecule has 1 heterocycles. The number of hydrogen-bond donors (Lipinski definition) is 1. The lowest BCUT2D eigenvalue weighted by Crippen LogP contribution is -2.30. The number of para-hydroxylation sites is 1. The highest BCUT2D eigenvalue weighted by atomic mass is 19.1. The predicted octanol–water partition coefficient (Wildman–Crippen LogP) is 3.86. The summed E-state index contributed by atoms with van der Waals surface area (Å²) < 4.78 is 26.2. The zero-order valence-corrected chi connectivity index (χ0v) is 17.5. The summed E-state index contributed by atoms with van der Waals surface area (Å²) in [7, 11) is 3.00. The van der Waals surface area contributed by atoms with Crippen molar-refractivity contribution in [2.45, 2.75) is 6.54 Å². The molecule has 0 aliphatic heterocycles. The normalized spacial score (nSPS) is 10.7. The van der Waals surface area contributed by atoms with Gasteiger partial charge in [0.1, 0.15) is 18.2 Å². The molecule has 1 amide bonds. The Kier molecular flexibility index (Phi) is 5.85. The van der Waals surface area contributed by atoms with Gasteiger partial charge >= 0.3 is 0 Å². The Morgan fingerprint density at radius 2 is 1.72 bits per heavy atom. The number of methoxy groups -OCH3 is 2. The molecule has 0 bridgehead atoms. The van der Waals surface area contributed by atoms with Crippen LogP contribution in [0, 0.1) is 5.82 Å². The van der Waals surface area contributed by atoms with Crippen molar-refractivity contribution in [1.29, 1.82) is 0 Å². The lowest BCUT2D eigenvalue weighted by atomic mass is 10.1. The number of amides is 1. The van der Waals surface area contributed by atoms with Crippen LogP contribution in [0.4, 0.5) is 10.1 Å². The third kappa shape index (κ3) is 4.02. The maximum Gasteiger partial charge on any atom is 0.262 e. The van der Waals surface area contributed by atoms with Crippen molar-refractivity contribution in [3.63, 3.8) is 0 Å². The van der Waals surface area contributed by atoms with Gasteiger partial charge in [-0.2, -0.15) is 0 Å². The smallest absolute Gasteiger partial charge is 0.262 e. The summed E-state index contributed by atoms with van der Waals surface area (Å²) in [5, 5.41) is 3.07. The predicted molar refractivity (Wildman–Crippen MR) is 120 cm³/mol. The first kappa shape index (κ1) is 21.0. The minimum Gasteiger partial charge on any atom is -0.493 e. The van der Waals surface area contributed by atoms with E-state index in [1.54, 1.807) is 54.6 Å². The van der Waals surface area contributed by atoms with Crippen molar-refractivity contribution in [2.75, 3.05) is 19.5 Å². The molecule has 32 heavy (non-hydrogen) atoms. The number of halogens is 1. The minimum absolute atomic E-state index is 0.0780. The Hall–Kier alpha value is -4.20. The number of aromatic nitrogens is 2. The van der Waals surface area contributed by atoms with E-state index in [0.29, 0.717) is 28.1 Å². The molecule has 0 aliphatic rings. The monoisotopic (exact) mass is 433 g/mol. The van der Waals surface area contributed by atoms with Crippen LogP contribution in [0.5, 0.6) is 11.5 Å². The van der Waals surface area contributed by atoms with Crippen molar-refractivity contribution < 1.29 is 18.7 Å². The van der Waals surface area contributed by atoms with Crippen LogP contribution in [0.2, 0.25) is 0 Å². The molecule has 0 saturated carbocycles. The SMILES string of the molecule is COc1ccc(NC(=O)Cn2c(-c3ccccc3F)nc3ccccc3c2=O)cc1OC. The van der Waals surface area contributed by atoms with Gasteiger partial charge in [-0.25, -0.2) is 9.37 Å². The third-order valence-corrected chi connectivity index (χ3v) is 4.95. The summed E-state index contributed by atoms with van der Waals surface area (Å²) >= 11 is 0. The van der Waals surface area contributed by atoms with Crippen molar-refractivity contribution >= 4 is 22.5 Å². The molecular weight excluding hydrogens is 413 g/mol. The lowest BCUT2D eigenvalue weighted by molar-refractivity contribution is -0.116. The number of nitrogens with zero attached hydrogens (tertiary/aromatic N) is 2. The molecule has 0 aliphatic carbocycles. The number of hydrogen-bond acceptors (Lipinski definition) is 5. The summed E-state index contributed by atoms with van der Waals surface area (Å²) in [4.78, 5) is 30.5. The first-order valence-corrected chi connectivity index (χ1v) is 9.78. The number of nitrogens with one attached hydrogen (secondary N) is 1. The van der Waals surface area contributed by atoms with E-state index in [1.165, 1.54) is 30.9 Å². The highest BCUT2D eigenvalue weighted by molar-refractivity contribution is 5.91. The molecule has 8 heteroatoms. The van der Waals surface area contributed by atoms with E-state index >= 15 is 0 Å². The van der Waals surface area contributed by atoms with E-state index in [-0.39, 0.29) is 17.9 Å². The highest BCUT2D eigenvalue weighted by Gasteiger charge is 2.18. The van der Waals surface area contributed by atoms with Gasteiger partial charge in [-0.3, -0.25) is 14.2 Å². The molecule has 0 radical (unpaired) electrons. The number of rotatable bonds is 6. The van der Waals surface area contributed by atoms with E-state index in [2.05, 4.69) is 10.3 Å². The lowest BCUT2D eigenvalue weighted by Gasteiger charge is -2.15. The molecular formula is C24H20FN3O4. The summed E-state index contributed by atoms with van der Waals surface area (Å²) in [6, 6.07) is 17.7. The Labute approximate surface area is 183 Å². The number of benzene rings is 3. The Morgan fingerprint density at radius 3 is 2.47 bits per heavy atom. The molecule has 0 spiro atoms. The molecule has 0 atom stereocenters. The minimum atomic E-state index is -0.538. The second-order valence-corrected chi connectivity index (χ2v) is 6.94. The first-order valence-electron chi connectivity index (χ1n) is 9.78. The van der Waals surface area contributed by atoms with Crippen LogP contribution in [0.15, 0.2) is 71.5 Å². The third-order valence-electron chi connectivity index (χ3n) is 4.95. The van der Waals surface area contributed by atoms with Gasteiger partial charge in [0, 0.05) is 11.8 Å². The van der Waals surface area contributed by atoms with Crippen LogP contribution in [-0.2, 0) is 11.3 Å². The van der Waals surface area contributed by atoms with Crippen molar-refractivity contribution in [1.82, 2.24) is 9.55 Å². The van der Waals surface area contributed by atoms with E-state index in [4.69, 9.17) is 9.47 Å². The number of anilines is 1. The van der Waals surface area contributed by atoms with E-state index in [1.807, 2.05) is 0 Å². The largest absolute Gasteiger partial charge is 0.493 e. The van der Waals surface area contributed by atoms with E-state index in [0.717, 1.165) is 0 Å². The van der Waals surface area contributed by atoms with Crippen LogP contribution >= 0.6 is 0 Å². The molecule has 162 valence electrons. The summed E-state index contributed by atoms with van der Waals surface area (Å²) in [6.07, 6.45) is 0. The molecule has 1 N–H and O–H groups in total. The van der Waals surface area contributed by atoms with E-state index in [9.17, 15) is 14.0 Å². The second kappa shape index (κ2) is 8.89. The van der Waals surface area contributed by atoms with Gasteiger partial charge < -0.3 is 14.8 Å². The topological polar surface area (TPSA) is 82.5 Å². The van der Waals surface area contributed by atoms with Crippen molar-refractivity contribution in [3.8, 4) is 22.9 Å². The molecule has 0 saturated heterocycles. The van der Waals surface area contributed by atoms with Gasteiger partial charge in [0.15, 0.2) is 11.5 Å². The number of carbonyl (C=O) groups excluding carboxylic acids is 1. The average Bonchev–Trinajstić information content (AvgIpc) is 2.81. The molecule has 0 unspecified atom stereocenters. The molecule has 4 rings (SSSR count). The number of fused-ring (bicyclic) bond motifs is 1. The van der Waals surface area contributed by atoms with Crippen LogP contribution in [0.25, 0.3) is 22.3 Å². The Bertz CT molecular complexity index is 1370. The zero-order chi connectivity index (χ0) is 22.7. The van der Waals surface area contributed by atoms with Crippen molar-refractivity contribution in [3.05, 3.63) is 82.9 Å². The van der Waals surface area contributed by atoms with Gasteiger partial charge in [0.2, 0.25) is 5.91 Å². The summed E-state index contributed by atoms with van der Waals surface area (Å²) in [5.74, 6) is 0.0242. The van der Waals surface area contributed by atoms with Gasteiger partial charge in [0.25, 0.3) is 5.56 Å². The van der Waals surface area contributed by atoms with Crippen LogP contribution in [0.1, 0.15) is 0 Å². The molecule has 3 aromatic carbocycles. The summed E-state index contributed by atoms with van der Waals surface area (Å²) in [5.41, 5.74) is 0.583. The highest BCUT2D eigenvalue weighted by Crippen LogP contribution is 2.30. The molecule has 7 nitrogen and oxygen atoms in total. The quantitative estimate of drug-likeness (QED) is 0.499. The Balaban J connectivity index is 1.74. The molecule has 0 fully saturated rings. The number of carbonyl (C=O) groups is 1. The standard InChI is InChI=1S/C24H20FN3O4/c1-31-20-12-11-15(13-21(20)32-2)26-22(29)14-28-23(16-7-3-5-9-18(16)25)27-19-10-6-4-8-17(19)24(28)30/h3-13H,14H2,1-2H3,(H,26,29). The first-order chi connectivity index (χ1) is 15.5. The van der Waals surface area contributed by atoms with Gasteiger partial charge in [-0.1, -0.05) is 24.3 Å². The van der Waals surface area contributed by atoms with Gasteiger partial charge in [0.05, 0.1) is 30.7 Å². The molecule has 4 aromatic rings. The van der Waals surface area contributed by atoms with Crippen LogP contribution in [0.3, 0.4) is 0 Å². The fourth-order valence-electron chi connectivity index (χ4n) is 3.42. The van der Waals surface area contributed by atoms with Crippen LogP contribution in [-0.4, -0.2) is 29.7 Å². The van der Waals surface area contributed by atoms with Crippen LogP contribution < -0.4 is 20.3 Å². The second-order valence-electron chi connectivity index (χ2n) is 6.94. The average molecular weight is 433 g/mol.